The number of hydrogen-bond donors (Lipinski definition) is 2. The van der Waals surface area contributed by atoms with E-state index in [0.29, 0.717) is 17.2 Å². The van der Waals surface area contributed by atoms with Crippen LogP contribution in [0.3, 0.4) is 0 Å². The SMILES string of the molecule is Cc1cc(NS(=O)(=O)c2cc(CN)oc2C)ccc1Br. The van der Waals surface area contributed by atoms with E-state index in [2.05, 4.69) is 20.7 Å². The highest BCUT2D eigenvalue weighted by molar-refractivity contribution is 9.10. The number of hydrogen-bond acceptors (Lipinski definition) is 4. The summed E-state index contributed by atoms with van der Waals surface area (Å²) in [4.78, 5) is 0.110. The quantitative estimate of drug-likeness (QED) is 0.879. The average molecular weight is 359 g/mol. The average Bonchev–Trinajstić information content (AvgIpc) is 2.76. The smallest absolute Gasteiger partial charge is 0.265 e. The molecule has 1 aromatic heterocycles. The Morgan fingerprint density at radius 3 is 2.55 bits per heavy atom. The van der Waals surface area contributed by atoms with Gasteiger partial charge in [-0.3, -0.25) is 4.72 Å². The van der Waals surface area contributed by atoms with Crippen molar-refractivity contribution in [1.29, 1.82) is 0 Å². The van der Waals surface area contributed by atoms with Gasteiger partial charge in [-0.1, -0.05) is 15.9 Å². The first-order valence-corrected chi connectivity index (χ1v) is 8.19. The standard InChI is InChI=1S/C13H15BrN2O3S/c1-8-5-10(3-4-12(8)14)16-20(17,18)13-6-11(7-15)19-9(13)2/h3-6,16H,7,15H2,1-2H3. The highest BCUT2D eigenvalue weighted by Crippen LogP contribution is 2.25. The van der Waals surface area contributed by atoms with Gasteiger partial charge < -0.3 is 10.2 Å². The summed E-state index contributed by atoms with van der Waals surface area (Å²) in [5, 5.41) is 0. The van der Waals surface area contributed by atoms with Gasteiger partial charge in [-0.15, -0.1) is 0 Å². The van der Waals surface area contributed by atoms with E-state index in [1.807, 2.05) is 6.92 Å². The van der Waals surface area contributed by atoms with Crippen molar-refractivity contribution in [1.82, 2.24) is 0 Å². The van der Waals surface area contributed by atoms with E-state index in [4.69, 9.17) is 10.2 Å². The third kappa shape index (κ3) is 3.05. The van der Waals surface area contributed by atoms with Crippen molar-refractivity contribution in [2.24, 2.45) is 5.73 Å². The first-order chi connectivity index (χ1) is 9.33. The molecule has 0 aliphatic carbocycles. The molecule has 0 saturated heterocycles. The fourth-order valence-electron chi connectivity index (χ4n) is 1.81. The number of aryl methyl sites for hydroxylation is 2. The van der Waals surface area contributed by atoms with Crippen LogP contribution in [0.2, 0.25) is 0 Å². The van der Waals surface area contributed by atoms with E-state index >= 15 is 0 Å². The van der Waals surface area contributed by atoms with E-state index < -0.39 is 10.0 Å². The molecule has 2 rings (SSSR count). The first-order valence-electron chi connectivity index (χ1n) is 5.92. The van der Waals surface area contributed by atoms with E-state index in [1.165, 1.54) is 6.07 Å². The van der Waals surface area contributed by atoms with Crippen molar-refractivity contribution in [3.63, 3.8) is 0 Å². The second-order valence-electron chi connectivity index (χ2n) is 4.41. The zero-order valence-corrected chi connectivity index (χ0v) is 13.5. The maximum absolute atomic E-state index is 12.3. The lowest BCUT2D eigenvalue weighted by atomic mass is 10.2. The fourth-order valence-corrected chi connectivity index (χ4v) is 3.31. The van der Waals surface area contributed by atoms with Crippen LogP contribution in [-0.4, -0.2) is 8.42 Å². The monoisotopic (exact) mass is 358 g/mol. The van der Waals surface area contributed by atoms with Gasteiger partial charge in [0, 0.05) is 16.2 Å². The van der Waals surface area contributed by atoms with Crippen LogP contribution in [0.4, 0.5) is 5.69 Å². The molecule has 0 unspecified atom stereocenters. The number of nitrogens with one attached hydrogen (secondary N) is 1. The molecule has 7 heteroatoms. The predicted octanol–water partition coefficient (Wildman–Crippen LogP) is 2.92. The molecule has 0 aliphatic heterocycles. The Morgan fingerprint density at radius 1 is 1.30 bits per heavy atom. The molecule has 3 N–H and O–H groups in total. The first kappa shape index (κ1) is 15.1. The molecule has 108 valence electrons. The lowest BCUT2D eigenvalue weighted by Crippen LogP contribution is -2.13. The molecule has 20 heavy (non-hydrogen) atoms. The highest BCUT2D eigenvalue weighted by atomic mass is 79.9. The molecule has 5 nitrogen and oxygen atoms in total. The molecule has 0 radical (unpaired) electrons. The third-order valence-corrected chi connectivity index (χ3v) is 5.20. The molecule has 0 bridgehead atoms. The number of furan rings is 1. The van der Waals surface area contributed by atoms with E-state index in [-0.39, 0.29) is 11.4 Å². The molecule has 0 saturated carbocycles. The minimum atomic E-state index is -3.68. The van der Waals surface area contributed by atoms with Crippen LogP contribution in [-0.2, 0) is 16.6 Å². The Kier molecular flexibility index (Phi) is 4.22. The number of sulfonamides is 1. The molecule has 0 atom stereocenters. The van der Waals surface area contributed by atoms with Gasteiger partial charge in [0.2, 0.25) is 0 Å². The summed E-state index contributed by atoms with van der Waals surface area (Å²) < 4.78 is 33.4. The van der Waals surface area contributed by atoms with Crippen LogP contribution in [0.1, 0.15) is 17.1 Å². The van der Waals surface area contributed by atoms with Crippen LogP contribution in [0, 0.1) is 13.8 Å². The molecule has 2 aromatic rings. The zero-order chi connectivity index (χ0) is 14.9. The van der Waals surface area contributed by atoms with Gasteiger partial charge in [-0.05, 0) is 37.6 Å². The van der Waals surface area contributed by atoms with E-state index in [1.54, 1.807) is 25.1 Å². The van der Waals surface area contributed by atoms with Crippen molar-refractivity contribution in [2.45, 2.75) is 25.3 Å². The van der Waals surface area contributed by atoms with Gasteiger partial charge in [-0.25, -0.2) is 8.42 Å². The Labute approximate surface area is 126 Å². The molecular formula is C13H15BrN2O3S. The molecule has 0 amide bonds. The summed E-state index contributed by atoms with van der Waals surface area (Å²) in [5.41, 5.74) is 6.89. The summed E-state index contributed by atoms with van der Waals surface area (Å²) in [5.74, 6) is 0.765. The van der Waals surface area contributed by atoms with Gasteiger partial charge in [0.1, 0.15) is 16.4 Å². The molecule has 0 aliphatic rings. The fraction of sp³-hybridized carbons (Fsp3) is 0.231. The molecule has 1 heterocycles. The van der Waals surface area contributed by atoms with Crippen LogP contribution in [0.15, 0.2) is 38.1 Å². The van der Waals surface area contributed by atoms with Crippen LogP contribution in [0.5, 0.6) is 0 Å². The summed E-state index contributed by atoms with van der Waals surface area (Å²) in [6, 6.07) is 6.68. The van der Waals surface area contributed by atoms with Crippen LogP contribution < -0.4 is 10.5 Å². The van der Waals surface area contributed by atoms with Crippen LogP contribution >= 0.6 is 15.9 Å². The normalized spacial score (nSPS) is 11.6. The number of nitrogens with two attached hydrogens (primary N) is 1. The molecule has 1 aromatic carbocycles. The van der Waals surface area contributed by atoms with Crippen molar-refractivity contribution in [3.8, 4) is 0 Å². The number of rotatable bonds is 4. The van der Waals surface area contributed by atoms with Gasteiger partial charge in [0.25, 0.3) is 10.0 Å². The number of benzene rings is 1. The summed E-state index contributed by atoms with van der Waals surface area (Å²) in [6.45, 7) is 3.64. The second kappa shape index (κ2) is 5.59. The largest absolute Gasteiger partial charge is 0.464 e. The van der Waals surface area contributed by atoms with Gasteiger partial charge in [-0.2, -0.15) is 0 Å². The molecule has 0 fully saturated rings. The lowest BCUT2D eigenvalue weighted by molar-refractivity contribution is 0.479. The minimum absolute atomic E-state index is 0.110. The van der Waals surface area contributed by atoms with Crippen molar-refractivity contribution in [3.05, 3.63) is 45.8 Å². The highest BCUT2D eigenvalue weighted by Gasteiger charge is 2.21. The van der Waals surface area contributed by atoms with Crippen molar-refractivity contribution >= 4 is 31.6 Å². The van der Waals surface area contributed by atoms with Crippen LogP contribution in [0.25, 0.3) is 0 Å². The van der Waals surface area contributed by atoms with E-state index in [9.17, 15) is 8.42 Å². The summed E-state index contributed by atoms with van der Waals surface area (Å²) in [7, 11) is -3.68. The molecule has 0 spiro atoms. The number of anilines is 1. The number of halogens is 1. The molecular weight excluding hydrogens is 344 g/mol. The zero-order valence-electron chi connectivity index (χ0n) is 11.1. The Morgan fingerprint density at radius 2 is 2.00 bits per heavy atom. The summed E-state index contributed by atoms with van der Waals surface area (Å²) >= 11 is 3.37. The Hall–Kier alpha value is -1.31. The third-order valence-electron chi connectivity index (χ3n) is 2.82. The van der Waals surface area contributed by atoms with Crippen molar-refractivity contribution < 1.29 is 12.8 Å². The predicted molar refractivity (Wildman–Crippen MR) is 81.0 cm³/mol. The topological polar surface area (TPSA) is 85.3 Å². The maximum Gasteiger partial charge on any atom is 0.265 e. The maximum atomic E-state index is 12.3. The van der Waals surface area contributed by atoms with Gasteiger partial charge in [0.05, 0.1) is 6.54 Å². The Bertz CT molecular complexity index is 738. The minimum Gasteiger partial charge on any atom is -0.464 e. The second-order valence-corrected chi connectivity index (χ2v) is 6.91. The lowest BCUT2D eigenvalue weighted by Gasteiger charge is -2.08. The Balaban J connectivity index is 2.35. The summed E-state index contributed by atoms with van der Waals surface area (Å²) in [6.07, 6.45) is 0. The van der Waals surface area contributed by atoms with Gasteiger partial charge in [0.15, 0.2) is 0 Å². The van der Waals surface area contributed by atoms with Gasteiger partial charge >= 0.3 is 0 Å². The van der Waals surface area contributed by atoms with E-state index in [0.717, 1.165) is 10.0 Å². The van der Waals surface area contributed by atoms with Crippen molar-refractivity contribution in [2.75, 3.05) is 4.72 Å².